The van der Waals surface area contributed by atoms with Crippen LogP contribution in [0.4, 0.5) is 0 Å². The number of hydrogen-bond acceptors (Lipinski definition) is 1. The molecule has 0 aromatic rings. The predicted octanol–water partition coefficient (Wildman–Crippen LogP) is 4.13. The molecule has 1 heteroatoms. The molecule has 0 amide bonds. The van der Waals surface area contributed by atoms with Gasteiger partial charge in [0.1, 0.15) is 0 Å². The molecule has 1 nitrogen and oxygen atoms in total. The molecule has 0 aliphatic heterocycles. The van der Waals surface area contributed by atoms with Crippen LogP contribution >= 0.6 is 0 Å². The highest BCUT2D eigenvalue weighted by molar-refractivity contribution is 4.95. The van der Waals surface area contributed by atoms with Crippen LogP contribution in [0.2, 0.25) is 0 Å². The van der Waals surface area contributed by atoms with E-state index in [9.17, 15) is 0 Å². The normalized spacial score (nSPS) is 28.1. The standard InChI is InChI=1S/C15H29N/c1-3-16-14(13-9-5-6-10-13)15(2)11-7-4-8-12-15/h13-14,16H,3-12H2,1-2H3. The lowest BCUT2D eigenvalue weighted by Crippen LogP contribution is -2.48. The second-order valence-corrected chi connectivity index (χ2v) is 6.29. The van der Waals surface area contributed by atoms with E-state index < -0.39 is 0 Å². The van der Waals surface area contributed by atoms with E-state index in [0.29, 0.717) is 5.41 Å². The molecule has 1 atom stereocenters. The lowest BCUT2D eigenvalue weighted by molar-refractivity contribution is 0.105. The Balaban J connectivity index is 2.03. The molecule has 0 saturated heterocycles. The third-order valence-electron chi connectivity index (χ3n) is 5.04. The molecular formula is C15H29N. The fraction of sp³-hybridized carbons (Fsp3) is 1.00. The Morgan fingerprint density at radius 3 is 2.25 bits per heavy atom. The van der Waals surface area contributed by atoms with Crippen LogP contribution in [-0.2, 0) is 0 Å². The summed E-state index contributed by atoms with van der Waals surface area (Å²) in [7, 11) is 0. The first kappa shape index (κ1) is 12.4. The molecule has 2 fully saturated rings. The van der Waals surface area contributed by atoms with Gasteiger partial charge in [-0.1, -0.05) is 46.0 Å². The van der Waals surface area contributed by atoms with Crippen molar-refractivity contribution >= 4 is 0 Å². The first-order valence-corrected chi connectivity index (χ1v) is 7.49. The van der Waals surface area contributed by atoms with E-state index >= 15 is 0 Å². The summed E-state index contributed by atoms with van der Waals surface area (Å²) in [5.74, 6) is 0.975. The van der Waals surface area contributed by atoms with E-state index in [1.54, 1.807) is 0 Å². The van der Waals surface area contributed by atoms with Gasteiger partial charge in [0.15, 0.2) is 0 Å². The van der Waals surface area contributed by atoms with Crippen molar-refractivity contribution in [2.24, 2.45) is 11.3 Å². The summed E-state index contributed by atoms with van der Waals surface area (Å²) < 4.78 is 0. The van der Waals surface area contributed by atoms with E-state index in [2.05, 4.69) is 19.2 Å². The van der Waals surface area contributed by atoms with Crippen LogP contribution in [0.3, 0.4) is 0 Å². The number of hydrogen-bond donors (Lipinski definition) is 1. The maximum absolute atomic E-state index is 3.83. The van der Waals surface area contributed by atoms with Crippen LogP contribution in [0.1, 0.15) is 71.6 Å². The smallest absolute Gasteiger partial charge is 0.0149 e. The minimum Gasteiger partial charge on any atom is -0.313 e. The number of nitrogens with one attached hydrogen (secondary N) is 1. The van der Waals surface area contributed by atoms with Gasteiger partial charge in [0, 0.05) is 6.04 Å². The molecular weight excluding hydrogens is 194 g/mol. The second-order valence-electron chi connectivity index (χ2n) is 6.29. The molecule has 16 heavy (non-hydrogen) atoms. The van der Waals surface area contributed by atoms with Gasteiger partial charge in [0.05, 0.1) is 0 Å². The van der Waals surface area contributed by atoms with Crippen LogP contribution in [0.5, 0.6) is 0 Å². The van der Waals surface area contributed by atoms with Crippen LogP contribution in [-0.4, -0.2) is 12.6 Å². The van der Waals surface area contributed by atoms with Gasteiger partial charge in [-0.3, -0.25) is 0 Å². The molecule has 94 valence electrons. The third-order valence-corrected chi connectivity index (χ3v) is 5.04. The molecule has 2 saturated carbocycles. The summed E-state index contributed by atoms with van der Waals surface area (Å²) >= 11 is 0. The largest absolute Gasteiger partial charge is 0.313 e. The summed E-state index contributed by atoms with van der Waals surface area (Å²) in [6.07, 6.45) is 13.2. The number of rotatable bonds is 4. The highest BCUT2D eigenvalue weighted by Crippen LogP contribution is 2.44. The van der Waals surface area contributed by atoms with Crippen LogP contribution in [0.15, 0.2) is 0 Å². The molecule has 0 bridgehead atoms. The fourth-order valence-electron chi connectivity index (χ4n) is 4.16. The summed E-state index contributed by atoms with van der Waals surface area (Å²) in [6, 6.07) is 0.806. The molecule has 2 aliphatic carbocycles. The average molecular weight is 223 g/mol. The molecule has 0 aromatic carbocycles. The Labute approximate surface area is 101 Å². The predicted molar refractivity (Wildman–Crippen MR) is 70.6 cm³/mol. The SMILES string of the molecule is CCNC(C1CCCC1)C1(C)CCCCC1. The second kappa shape index (κ2) is 5.53. The van der Waals surface area contributed by atoms with Gasteiger partial charge in [-0.25, -0.2) is 0 Å². The first-order chi connectivity index (χ1) is 7.76. The van der Waals surface area contributed by atoms with Gasteiger partial charge >= 0.3 is 0 Å². The van der Waals surface area contributed by atoms with Crippen molar-refractivity contribution < 1.29 is 0 Å². The highest BCUT2D eigenvalue weighted by Gasteiger charge is 2.39. The zero-order valence-electron chi connectivity index (χ0n) is 11.2. The lowest BCUT2D eigenvalue weighted by Gasteiger charge is -2.44. The summed E-state index contributed by atoms with van der Waals surface area (Å²) in [4.78, 5) is 0. The fourth-order valence-corrected chi connectivity index (χ4v) is 4.16. The van der Waals surface area contributed by atoms with Gasteiger partial charge in [-0.05, 0) is 43.6 Å². The van der Waals surface area contributed by atoms with Gasteiger partial charge in [-0.15, -0.1) is 0 Å². The Bertz CT molecular complexity index is 199. The van der Waals surface area contributed by atoms with Crippen molar-refractivity contribution in [3.63, 3.8) is 0 Å². The van der Waals surface area contributed by atoms with Gasteiger partial charge < -0.3 is 5.32 Å². The van der Waals surface area contributed by atoms with Crippen molar-refractivity contribution in [1.29, 1.82) is 0 Å². The third kappa shape index (κ3) is 2.61. The topological polar surface area (TPSA) is 12.0 Å². The zero-order chi connectivity index (χ0) is 11.4. The van der Waals surface area contributed by atoms with Crippen LogP contribution < -0.4 is 5.32 Å². The van der Waals surface area contributed by atoms with Gasteiger partial charge in [0.25, 0.3) is 0 Å². The summed E-state index contributed by atoms with van der Waals surface area (Å²) in [5, 5.41) is 3.83. The quantitative estimate of drug-likeness (QED) is 0.756. The van der Waals surface area contributed by atoms with E-state index in [4.69, 9.17) is 0 Å². The Morgan fingerprint density at radius 1 is 1.06 bits per heavy atom. The molecule has 0 heterocycles. The maximum atomic E-state index is 3.83. The summed E-state index contributed by atoms with van der Waals surface area (Å²) in [5.41, 5.74) is 0.600. The van der Waals surface area contributed by atoms with Gasteiger partial charge in [0.2, 0.25) is 0 Å². The minimum absolute atomic E-state index is 0.600. The molecule has 1 unspecified atom stereocenters. The Morgan fingerprint density at radius 2 is 1.69 bits per heavy atom. The van der Waals surface area contributed by atoms with Crippen molar-refractivity contribution in [3.8, 4) is 0 Å². The van der Waals surface area contributed by atoms with E-state index in [1.165, 1.54) is 57.8 Å². The maximum Gasteiger partial charge on any atom is 0.0149 e. The van der Waals surface area contributed by atoms with Crippen molar-refractivity contribution in [3.05, 3.63) is 0 Å². The van der Waals surface area contributed by atoms with Crippen molar-refractivity contribution in [1.82, 2.24) is 5.32 Å². The van der Waals surface area contributed by atoms with Crippen molar-refractivity contribution in [2.75, 3.05) is 6.54 Å². The van der Waals surface area contributed by atoms with Crippen LogP contribution in [0.25, 0.3) is 0 Å². The molecule has 1 N–H and O–H groups in total. The first-order valence-electron chi connectivity index (χ1n) is 7.49. The average Bonchev–Trinajstić information content (AvgIpc) is 2.80. The Hall–Kier alpha value is -0.0400. The minimum atomic E-state index is 0.600. The zero-order valence-corrected chi connectivity index (χ0v) is 11.2. The molecule has 2 rings (SSSR count). The monoisotopic (exact) mass is 223 g/mol. The molecule has 0 aromatic heterocycles. The van der Waals surface area contributed by atoms with E-state index in [1.807, 2.05) is 0 Å². The molecule has 2 aliphatic rings. The van der Waals surface area contributed by atoms with Crippen molar-refractivity contribution in [2.45, 2.75) is 77.7 Å². The summed E-state index contributed by atoms with van der Waals surface area (Å²) in [6.45, 7) is 5.97. The molecule has 0 radical (unpaired) electrons. The molecule has 0 spiro atoms. The van der Waals surface area contributed by atoms with E-state index in [-0.39, 0.29) is 0 Å². The van der Waals surface area contributed by atoms with Crippen LogP contribution in [0, 0.1) is 11.3 Å². The lowest BCUT2D eigenvalue weighted by atomic mass is 9.66. The van der Waals surface area contributed by atoms with Gasteiger partial charge in [-0.2, -0.15) is 0 Å². The Kier molecular flexibility index (Phi) is 4.29. The van der Waals surface area contributed by atoms with E-state index in [0.717, 1.165) is 18.5 Å². The highest BCUT2D eigenvalue weighted by atomic mass is 14.9.